The molecule has 3 aromatic carbocycles. The predicted octanol–water partition coefficient (Wildman–Crippen LogP) is 2.98. The van der Waals surface area contributed by atoms with E-state index in [0.29, 0.717) is 13.1 Å². The summed E-state index contributed by atoms with van der Waals surface area (Å²) in [5.74, 6) is -1.16. The maximum atomic E-state index is 12.8. The van der Waals surface area contributed by atoms with Gasteiger partial charge in [0.25, 0.3) is 11.8 Å². The Morgan fingerprint density at radius 3 is 2.50 bits per heavy atom. The Kier molecular flexibility index (Phi) is 6.85. The van der Waals surface area contributed by atoms with Gasteiger partial charge in [0.05, 0.1) is 16.5 Å². The fourth-order valence-electron chi connectivity index (χ4n) is 4.20. The SMILES string of the molecule is CC(NC(=O)COc1ccc(S(=O)(=O)N2CCCC2)cc1C(N)=O)c1cccc2ccccc12. The summed E-state index contributed by atoms with van der Waals surface area (Å²) in [6, 6.07) is 17.5. The van der Waals surface area contributed by atoms with Crippen LogP contribution in [-0.2, 0) is 14.8 Å². The first-order chi connectivity index (χ1) is 16.3. The Morgan fingerprint density at radius 1 is 1.06 bits per heavy atom. The first kappa shape index (κ1) is 23.7. The second-order valence-electron chi connectivity index (χ2n) is 8.28. The average molecular weight is 482 g/mol. The van der Waals surface area contributed by atoms with E-state index in [1.807, 2.05) is 49.4 Å². The van der Waals surface area contributed by atoms with Gasteiger partial charge < -0.3 is 15.8 Å². The Labute approximate surface area is 198 Å². The molecule has 1 saturated heterocycles. The maximum absolute atomic E-state index is 12.8. The molecule has 0 spiro atoms. The van der Waals surface area contributed by atoms with E-state index in [1.54, 1.807) is 0 Å². The molecule has 4 rings (SSSR count). The Morgan fingerprint density at radius 2 is 1.76 bits per heavy atom. The summed E-state index contributed by atoms with van der Waals surface area (Å²) in [4.78, 5) is 24.5. The predicted molar refractivity (Wildman–Crippen MR) is 129 cm³/mol. The molecule has 0 radical (unpaired) electrons. The molecule has 0 aliphatic carbocycles. The molecular weight excluding hydrogens is 454 g/mol. The van der Waals surface area contributed by atoms with Gasteiger partial charge in [0.1, 0.15) is 5.75 Å². The smallest absolute Gasteiger partial charge is 0.258 e. The van der Waals surface area contributed by atoms with E-state index in [0.717, 1.165) is 29.2 Å². The minimum absolute atomic E-state index is 0.0235. The van der Waals surface area contributed by atoms with Crippen LogP contribution in [0, 0.1) is 0 Å². The molecule has 178 valence electrons. The van der Waals surface area contributed by atoms with Crippen LogP contribution in [0.4, 0.5) is 0 Å². The molecule has 0 saturated carbocycles. The topological polar surface area (TPSA) is 119 Å². The molecule has 1 fully saturated rings. The normalized spacial score (nSPS) is 15.2. The number of sulfonamides is 1. The number of hydrogen-bond acceptors (Lipinski definition) is 5. The zero-order valence-corrected chi connectivity index (χ0v) is 19.7. The van der Waals surface area contributed by atoms with E-state index in [1.165, 1.54) is 22.5 Å². The van der Waals surface area contributed by atoms with Gasteiger partial charge in [-0.05, 0) is 54.3 Å². The van der Waals surface area contributed by atoms with E-state index in [2.05, 4.69) is 5.32 Å². The molecule has 3 N–H and O–H groups in total. The number of nitrogens with zero attached hydrogens (tertiary/aromatic N) is 1. The highest BCUT2D eigenvalue weighted by molar-refractivity contribution is 7.89. The van der Waals surface area contributed by atoms with E-state index in [4.69, 9.17) is 10.5 Å². The largest absolute Gasteiger partial charge is 0.483 e. The molecule has 1 heterocycles. The Balaban J connectivity index is 1.46. The van der Waals surface area contributed by atoms with Crippen LogP contribution in [0.3, 0.4) is 0 Å². The van der Waals surface area contributed by atoms with Gasteiger partial charge in [0.2, 0.25) is 10.0 Å². The molecule has 34 heavy (non-hydrogen) atoms. The summed E-state index contributed by atoms with van der Waals surface area (Å²) in [6.07, 6.45) is 1.60. The highest BCUT2D eigenvalue weighted by Gasteiger charge is 2.28. The zero-order valence-electron chi connectivity index (χ0n) is 18.9. The van der Waals surface area contributed by atoms with Crippen LogP contribution < -0.4 is 15.8 Å². The first-order valence-electron chi connectivity index (χ1n) is 11.1. The fraction of sp³-hybridized carbons (Fsp3) is 0.280. The Bertz CT molecular complexity index is 1330. The number of amides is 2. The number of carbonyl (C=O) groups excluding carboxylic acids is 2. The zero-order chi connectivity index (χ0) is 24.3. The van der Waals surface area contributed by atoms with Crippen LogP contribution in [0.25, 0.3) is 10.8 Å². The third kappa shape index (κ3) is 4.90. The number of nitrogens with one attached hydrogen (secondary N) is 1. The lowest BCUT2D eigenvalue weighted by Crippen LogP contribution is -2.31. The van der Waals surface area contributed by atoms with Crippen LogP contribution in [0.5, 0.6) is 5.75 Å². The molecule has 9 heteroatoms. The van der Waals surface area contributed by atoms with Gasteiger partial charge in [0.15, 0.2) is 6.61 Å². The molecule has 1 aliphatic heterocycles. The van der Waals surface area contributed by atoms with Crippen molar-refractivity contribution in [1.29, 1.82) is 0 Å². The summed E-state index contributed by atoms with van der Waals surface area (Å²) < 4.78 is 32.6. The number of hydrogen-bond donors (Lipinski definition) is 2. The second-order valence-corrected chi connectivity index (χ2v) is 10.2. The van der Waals surface area contributed by atoms with Gasteiger partial charge in [-0.15, -0.1) is 0 Å². The third-order valence-corrected chi connectivity index (χ3v) is 7.84. The molecule has 1 aliphatic rings. The van der Waals surface area contributed by atoms with Crippen molar-refractivity contribution in [2.45, 2.75) is 30.7 Å². The van der Waals surface area contributed by atoms with Crippen molar-refractivity contribution >= 4 is 32.6 Å². The summed E-state index contributed by atoms with van der Waals surface area (Å²) in [7, 11) is -3.72. The average Bonchev–Trinajstić information content (AvgIpc) is 3.38. The van der Waals surface area contributed by atoms with Crippen LogP contribution in [0.15, 0.2) is 65.6 Å². The van der Waals surface area contributed by atoms with Crippen molar-refractivity contribution in [2.75, 3.05) is 19.7 Å². The van der Waals surface area contributed by atoms with Crippen molar-refractivity contribution in [3.05, 3.63) is 71.8 Å². The molecule has 8 nitrogen and oxygen atoms in total. The number of carbonyl (C=O) groups is 2. The number of ether oxygens (including phenoxy) is 1. The van der Waals surface area contributed by atoms with Crippen LogP contribution in [0.1, 0.15) is 41.7 Å². The maximum Gasteiger partial charge on any atom is 0.258 e. The minimum Gasteiger partial charge on any atom is -0.483 e. The minimum atomic E-state index is -3.72. The van der Waals surface area contributed by atoms with Gasteiger partial charge >= 0.3 is 0 Å². The molecule has 3 aromatic rings. The van der Waals surface area contributed by atoms with Crippen LogP contribution in [0.2, 0.25) is 0 Å². The highest BCUT2D eigenvalue weighted by Crippen LogP contribution is 2.27. The monoisotopic (exact) mass is 481 g/mol. The van der Waals surface area contributed by atoms with Gasteiger partial charge in [-0.25, -0.2) is 8.42 Å². The van der Waals surface area contributed by atoms with Crippen molar-refractivity contribution in [3.63, 3.8) is 0 Å². The highest BCUT2D eigenvalue weighted by atomic mass is 32.2. The summed E-state index contributed by atoms with van der Waals surface area (Å²) in [5.41, 5.74) is 6.35. The Hall–Kier alpha value is -3.43. The summed E-state index contributed by atoms with van der Waals surface area (Å²) in [6.45, 7) is 2.42. The molecular formula is C25H27N3O5S. The lowest BCUT2D eigenvalue weighted by atomic mass is 10.00. The van der Waals surface area contributed by atoms with Crippen LogP contribution >= 0.6 is 0 Å². The molecule has 1 unspecified atom stereocenters. The fourth-order valence-corrected chi connectivity index (χ4v) is 5.74. The molecule has 1 atom stereocenters. The van der Waals surface area contributed by atoms with Crippen molar-refractivity contribution in [3.8, 4) is 5.75 Å². The molecule has 2 amide bonds. The second kappa shape index (κ2) is 9.82. The van der Waals surface area contributed by atoms with Crippen LogP contribution in [-0.4, -0.2) is 44.2 Å². The standard InChI is InChI=1S/C25H27N3O5S/c1-17(20-10-6-8-18-7-2-3-9-21(18)20)27-24(29)16-33-23-12-11-19(15-22(23)25(26)30)34(31,32)28-13-4-5-14-28/h2-3,6-12,15,17H,4-5,13-14,16H2,1H3,(H2,26,30)(H,27,29). The summed E-state index contributed by atoms with van der Waals surface area (Å²) >= 11 is 0. The van der Waals surface area contributed by atoms with E-state index >= 15 is 0 Å². The van der Waals surface area contributed by atoms with E-state index in [-0.39, 0.29) is 34.8 Å². The lowest BCUT2D eigenvalue weighted by molar-refractivity contribution is -0.123. The third-order valence-electron chi connectivity index (χ3n) is 5.95. The number of rotatable bonds is 8. The lowest BCUT2D eigenvalue weighted by Gasteiger charge is -2.18. The van der Waals surface area contributed by atoms with E-state index < -0.39 is 15.9 Å². The summed E-state index contributed by atoms with van der Waals surface area (Å²) in [5, 5.41) is 5.02. The van der Waals surface area contributed by atoms with Crippen molar-refractivity contribution in [2.24, 2.45) is 5.73 Å². The van der Waals surface area contributed by atoms with Crippen molar-refractivity contribution in [1.82, 2.24) is 9.62 Å². The number of nitrogens with two attached hydrogens (primary N) is 1. The van der Waals surface area contributed by atoms with E-state index in [9.17, 15) is 18.0 Å². The number of primary amides is 1. The first-order valence-corrected chi connectivity index (χ1v) is 12.5. The van der Waals surface area contributed by atoms with Crippen molar-refractivity contribution < 1.29 is 22.7 Å². The van der Waals surface area contributed by atoms with Gasteiger partial charge in [-0.3, -0.25) is 9.59 Å². The van der Waals surface area contributed by atoms with Gasteiger partial charge in [-0.1, -0.05) is 42.5 Å². The van der Waals surface area contributed by atoms with Gasteiger partial charge in [0, 0.05) is 13.1 Å². The van der Waals surface area contributed by atoms with Gasteiger partial charge in [-0.2, -0.15) is 4.31 Å². The number of fused-ring (bicyclic) bond motifs is 1. The quantitative estimate of drug-likeness (QED) is 0.513. The molecule has 0 bridgehead atoms. The molecule has 0 aromatic heterocycles. The number of benzene rings is 3.